The van der Waals surface area contributed by atoms with Crippen molar-refractivity contribution in [3.8, 4) is 11.4 Å². The maximum Gasteiger partial charge on any atom is 0.233 e. The average molecular weight is 409 g/mol. The van der Waals surface area contributed by atoms with Gasteiger partial charge in [0, 0.05) is 23.1 Å². The fraction of sp³-hybridized carbons (Fsp3) is 0.471. The van der Waals surface area contributed by atoms with E-state index in [2.05, 4.69) is 31.1 Å². The second-order valence-electron chi connectivity index (χ2n) is 5.88. The zero-order valence-electron chi connectivity index (χ0n) is 13.5. The number of benzene rings is 1. The number of carbonyl (C=O) groups is 1. The van der Waals surface area contributed by atoms with Crippen LogP contribution in [-0.2, 0) is 4.79 Å². The van der Waals surface area contributed by atoms with E-state index < -0.39 is 0 Å². The van der Waals surface area contributed by atoms with Crippen molar-refractivity contribution < 1.29 is 4.79 Å². The standard InChI is InChI=1S/C17H21BrN4OS/c18-14-9-5-4-8-13(14)16-19-17(21-20-16)24-12-15(23)22-10-6-2-1-3-7-11-22/h4-5,8-9H,1-3,6-7,10-12H2,(H,19,20,21). The molecule has 0 atom stereocenters. The van der Waals surface area contributed by atoms with Gasteiger partial charge in [0.25, 0.3) is 0 Å². The van der Waals surface area contributed by atoms with Gasteiger partial charge in [-0.3, -0.25) is 9.89 Å². The lowest BCUT2D eigenvalue weighted by molar-refractivity contribution is -0.128. The molecule has 0 aliphatic carbocycles. The number of likely N-dealkylation sites (tertiary alicyclic amines) is 1. The van der Waals surface area contributed by atoms with Crippen molar-refractivity contribution >= 4 is 33.6 Å². The molecular formula is C17H21BrN4OS. The van der Waals surface area contributed by atoms with Crippen molar-refractivity contribution in [2.45, 2.75) is 37.3 Å². The molecule has 0 bridgehead atoms. The molecule has 0 radical (unpaired) electrons. The van der Waals surface area contributed by atoms with Crippen LogP contribution in [0.2, 0.25) is 0 Å². The van der Waals surface area contributed by atoms with E-state index in [9.17, 15) is 4.79 Å². The van der Waals surface area contributed by atoms with Crippen molar-refractivity contribution in [1.29, 1.82) is 0 Å². The van der Waals surface area contributed by atoms with Crippen LogP contribution in [0, 0.1) is 0 Å². The summed E-state index contributed by atoms with van der Waals surface area (Å²) in [6, 6.07) is 7.86. The molecule has 1 fully saturated rings. The summed E-state index contributed by atoms with van der Waals surface area (Å²) in [5.41, 5.74) is 0.965. The lowest BCUT2D eigenvalue weighted by Crippen LogP contribution is -2.35. The molecule has 0 unspecified atom stereocenters. The maximum absolute atomic E-state index is 12.4. The molecule has 2 aromatic rings. The number of thioether (sulfide) groups is 1. The molecule has 1 aromatic heterocycles. The number of hydrogen-bond acceptors (Lipinski definition) is 4. The molecule has 1 aromatic carbocycles. The van der Waals surface area contributed by atoms with Gasteiger partial charge in [0.15, 0.2) is 5.82 Å². The quantitative estimate of drug-likeness (QED) is 0.772. The van der Waals surface area contributed by atoms with E-state index in [1.165, 1.54) is 31.0 Å². The van der Waals surface area contributed by atoms with Gasteiger partial charge in [0.1, 0.15) is 0 Å². The fourth-order valence-electron chi connectivity index (χ4n) is 2.80. The summed E-state index contributed by atoms with van der Waals surface area (Å²) in [7, 11) is 0. The largest absolute Gasteiger partial charge is 0.342 e. The highest BCUT2D eigenvalue weighted by molar-refractivity contribution is 9.10. The van der Waals surface area contributed by atoms with E-state index in [0.717, 1.165) is 36.0 Å². The minimum absolute atomic E-state index is 0.189. The van der Waals surface area contributed by atoms with Crippen molar-refractivity contribution in [1.82, 2.24) is 20.1 Å². The zero-order chi connectivity index (χ0) is 16.8. The first-order chi connectivity index (χ1) is 11.7. The Hall–Kier alpha value is -1.34. The molecule has 1 aliphatic heterocycles. The van der Waals surface area contributed by atoms with E-state index in [-0.39, 0.29) is 5.91 Å². The molecule has 1 N–H and O–H groups in total. The topological polar surface area (TPSA) is 61.9 Å². The Morgan fingerprint density at radius 3 is 2.62 bits per heavy atom. The number of aromatic nitrogens is 3. The molecule has 1 saturated heterocycles. The number of nitrogens with zero attached hydrogens (tertiary/aromatic N) is 3. The molecule has 128 valence electrons. The summed E-state index contributed by atoms with van der Waals surface area (Å²) in [4.78, 5) is 18.9. The molecule has 3 rings (SSSR count). The molecule has 5 nitrogen and oxygen atoms in total. The van der Waals surface area contributed by atoms with Crippen molar-refractivity contribution in [2.75, 3.05) is 18.8 Å². The lowest BCUT2D eigenvalue weighted by Gasteiger charge is -2.24. The van der Waals surface area contributed by atoms with Crippen molar-refractivity contribution in [3.05, 3.63) is 28.7 Å². The number of H-pyrrole nitrogens is 1. The minimum Gasteiger partial charge on any atom is -0.342 e. The number of carbonyl (C=O) groups excluding carboxylic acids is 1. The van der Waals surface area contributed by atoms with Gasteiger partial charge in [0.2, 0.25) is 11.1 Å². The van der Waals surface area contributed by atoms with Gasteiger partial charge in [-0.25, -0.2) is 4.98 Å². The molecule has 24 heavy (non-hydrogen) atoms. The molecular weight excluding hydrogens is 388 g/mol. The monoisotopic (exact) mass is 408 g/mol. The van der Waals surface area contributed by atoms with Crippen molar-refractivity contribution in [3.63, 3.8) is 0 Å². The third-order valence-electron chi connectivity index (χ3n) is 4.13. The molecule has 0 saturated carbocycles. The number of nitrogens with one attached hydrogen (secondary N) is 1. The number of halogens is 1. The van der Waals surface area contributed by atoms with Crippen LogP contribution < -0.4 is 0 Å². The second kappa shape index (κ2) is 8.67. The van der Waals surface area contributed by atoms with Gasteiger partial charge in [0.05, 0.1) is 5.75 Å². The molecule has 1 amide bonds. The first-order valence-corrected chi connectivity index (χ1v) is 10.1. The lowest BCUT2D eigenvalue weighted by atomic mass is 10.1. The first-order valence-electron chi connectivity index (χ1n) is 8.32. The smallest absolute Gasteiger partial charge is 0.233 e. The van der Waals surface area contributed by atoms with Gasteiger partial charge in [-0.05, 0) is 18.9 Å². The summed E-state index contributed by atoms with van der Waals surface area (Å²) >= 11 is 4.91. The third kappa shape index (κ3) is 4.60. The van der Waals surface area contributed by atoms with E-state index >= 15 is 0 Å². The SMILES string of the molecule is O=C(CSc1n[nH]c(-c2ccccc2Br)n1)N1CCCCCCC1. The highest BCUT2D eigenvalue weighted by Gasteiger charge is 2.16. The van der Waals surface area contributed by atoms with Crippen LogP contribution in [0.1, 0.15) is 32.1 Å². The van der Waals surface area contributed by atoms with Crippen molar-refractivity contribution in [2.24, 2.45) is 0 Å². The van der Waals surface area contributed by atoms with E-state index in [1.54, 1.807) is 0 Å². The van der Waals surface area contributed by atoms with E-state index in [1.807, 2.05) is 29.2 Å². The fourth-order valence-corrected chi connectivity index (χ4v) is 3.97. The number of rotatable bonds is 4. The molecule has 0 spiro atoms. The zero-order valence-corrected chi connectivity index (χ0v) is 15.9. The summed E-state index contributed by atoms with van der Waals surface area (Å²) in [6.45, 7) is 1.77. The van der Waals surface area contributed by atoms with Gasteiger partial charge < -0.3 is 4.90 Å². The second-order valence-corrected chi connectivity index (χ2v) is 7.68. The number of aromatic amines is 1. The highest BCUT2D eigenvalue weighted by atomic mass is 79.9. The van der Waals surface area contributed by atoms with Crippen LogP contribution >= 0.6 is 27.7 Å². The Labute approximate surface area is 154 Å². The Morgan fingerprint density at radius 1 is 1.17 bits per heavy atom. The van der Waals surface area contributed by atoms with E-state index in [4.69, 9.17) is 0 Å². The summed E-state index contributed by atoms with van der Waals surface area (Å²) in [5.74, 6) is 1.30. The van der Waals surface area contributed by atoms with Gasteiger partial charge >= 0.3 is 0 Å². The minimum atomic E-state index is 0.189. The Morgan fingerprint density at radius 2 is 1.88 bits per heavy atom. The van der Waals surface area contributed by atoms with Crippen LogP contribution in [0.3, 0.4) is 0 Å². The van der Waals surface area contributed by atoms with Crippen LogP contribution in [0.15, 0.2) is 33.9 Å². The third-order valence-corrected chi connectivity index (χ3v) is 5.65. The van der Waals surface area contributed by atoms with Gasteiger partial charge in [-0.15, -0.1) is 5.10 Å². The predicted octanol–water partition coefficient (Wildman–Crippen LogP) is 4.12. The summed E-state index contributed by atoms with van der Waals surface area (Å²) in [5, 5.41) is 7.78. The van der Waals surface area contributed by atoms with Crippen LogP contribution in [-0.4, -0.2) is 44.8 Å². The molecule has 7 heteroatoms. The molecule has 2 heterocycles. The Balaban J connectivity index is 1.57. The van der Waals surface area contributed by atoms with Crippen LogP contribution in [0.25, 0.3) is 11.4 Å². The summed E-state index contributed by atoms with van der Waals surface area (Å²) < 4.78 is 0.967. The Kier molecular flexibility index (Phi) is 6.31. The molecule has 1 aliphatic rings. The van der Waals surface area contributed by atoms with Gasteiger partial charge in [-0.1, -0.05) is 65.2 Å². The predicted molar refractivity (Wildman–Crippen MR) is 99.9 cm³/mol. The number of hydrogen-bond donors (Lipinski definition) is 1. The highest BCUT2D eigenvalue weighted by Crippen LogP contribution is 2.26. The van der Waals surface area contributed by atoms with Gasteiger partial charge in [-0.2, -0.15) is 0 Å². The van der Waals surface area contributed by atoms with Crippen LogP contribution in [0.4, 0.5) is 0 Å². The summed E-state index contributed by atoms with van der Waals surface area (Å²) in [6.07, 6.45) is 5.98. The first kappa shape index (κ1) is 17.5. The number of amides is 1. The van der Waals surface area contributed by atoms with Crippen LogP contribution in [0.5, 0.6) is 0 Å². The maximum atomic E-state index is 12.4. The normalized spacial score (nSPS) is 15.8. The Bertz CT molecular complexity index is 683. The average Bonchev–Trinajstić information content (AvgIpc) is 3.01. The van der Waals surface area contributed by atoms with E-state index in [0.29, 0.717) is 16.7 Å².